The summed E-state index contributed by atoms with van der Waals surface area (Å²) >= 11 is 13.8. The van der Waals surface area contributed by atoms with Crippen molar-refractivity contribution in [3.05, 3.63) is 62.8 Å². The van der Waals surface area contributed by atoms with Crippen LogP contribution >= 0.6 is 34.5 Å². The van der Waals surface area contributed by atoms with Crippen molar-refractivity contribution in [1.82, 2.24) is 9.55 Å². The van der Waals surface area contributed by atoms with Crippen molar-refractivity contribution in [2.45, 2.75) is 26.8 Å². The highest BCUT2D eigenvalue weighted by Gasteiger charge is 2.25. The van der Waals surface area contributed by atoms with Crippen LogP contribution in [0.15, 0.2) is 36.0 Å². The minimum absolute atomic E-state index is 0.228. The number of aromatic nitrogens is 2. The number of rotatable bonds is 6. The molecule has 0 fully saturated rings. The molecule has 0 aliphatic heterocycles. The van der Waals surface area contributed by atoms with Crippen molar-refractivity contribution in [2.24, 2.45) is 5.92 Å². The molecule has 0 saturated carbocycles. The van der Waals surface area contributed by atoms with E-state index in [-0.39, 0.29) is 5.69 Å². The Balaban J connectivity index is 2.15. The second-order valence-electron chi connectivity index (χ2n) is 6.48. The van der Waals surface area contributed by atoms with Crippen LogP contribution in [0, 0.1) is 5.92 Å². The van der Waals surface area contributed by atoms with Gasteiger partial charge in [-0.15, -0.1) is 11.3 Å². The first-order chi connectivity index (χ1) is 12.4. The number of hydrogen-bond donors (Lipinski definition) is 1. The minimum atomic E-state index is -0.983. The zero-order chi connectivity index (χ0) is 18.8. The smallest absolute Gasteiger partial charge is 0.353 e. The number of hydrogen-bond acceptors (Lipinski definition) is 3. The first kappa shape index (κ1) is 19.0. The molecule has 2 heterocycles. The first-order valence-electron chi connectivity index (χ1n) is 8.16. The molecule has 2 aromatic heterocycles. The Labute approximate surface area is 166 Å². The van der Waals surface area contributed by atoms with Gasteiger partial charge in [0.15, 0.2) is 0 Å². The third-order valence-electron chi connectivity index (χ3n) is 3.98. The Bertz CT molecular complexity index is 933. The minimum Gasteiger partial charge on any atom is -0.477 e. The molecule has 1 aromatic carbocycles. The van der Waals surface area contributed by atoms with Crippen molar-refractivity contribution in [2.75, 3.05) is 0 Å². The highest BCUT2D eigenvalue weighted by atomic mass is 35.5. The Morgan fingerprint density at radius 1 is 1.31 bits per heavy atom. The quantitative estimate of drug-likeness (QED) is 0.555. The van der Waals surface area contributed by atoms with Gasteiger partial charge in [-0.2, -0.15) is 0 Å². The highest BCUT2D eigenvalue weighted by Crippen LogP contribution is 2.34. The number of carboxylic acids is 1. The van der Waals surface area contributed by atoms with Crippen molar-refractivity contribution >= 4 is 40.5 Å². The summed E-state index contributed by atoms with van der Waals surface area (Å²) in [6, 6.07) is 5.20. The Hall–Kier alpha value is -1.82. The van der Waals surface area contributed by atoms with Gasteiger partial charge in [0, 0.05) is 39.9 Å². The molecule has 3 aromatic rings. The summed E-state index contributed by atoms with van der Waals surface area (Å²) in [6.45, 7) is 4.55. The molecule has 0 aliphatic carbocycles. The van der Waals surface area contributed by atoms with E-state index < -0.39 is 5.97 Å². The predicted octanol–water partition coefficient (Wildman–Crippen LogP) is 5.86. The molecule has 0 amide bonds. The van der Waals surface area contributed by atoms with Crippen molar-refractivity contribution < 1.29 is 9.90 Å². The zero-order valence-electron chi connectivity index (χ0n) is 14.4. The van der Waals surface area contributed by atoms with Gasteiger partial charge in [0.1, 0.15) is 10.7 Å². The van der Waals surface area contributed by atoms with E-state index in [4.69, 9.17) is 23.2 Å². The summed E-state index contributed by atoms with van der Waals surface area (Å²) in [6.07, 6.45) is 4.36. The van der Waals surface area contributed by atoms with Gasteiger partial charge in [-0.25, -0.2) is 9.78 Å². The average Bonchev–Trinajstić information content (AvgIpc) is 3.18. The normalized spacial score (nSPS) is 11.3. The predicted molar refractivity (Wildman–Crippen MR) is 107 cm³/mol. The van der Waals surface area contributed by atoms with E-state index >= 15 is 0 Å². The van der Waals surface area contributed by atoms with Gasteiger partial charge in [-0.05, 0) is 41.7 Å². The Morgan fingerprint density at radius 2 is 2.08 bits per heavy atom. The molecule has 136 valence electrons. The number of benzene rings is 1. The highest BCUT2D eigenvalue weighted by molar-refractivity contribution is 7.13. The first-order valence-corrected chi connectivity index (χ1v) is 9.79. The van der Waals surface area contributed by atoms with Gasteiger partial charge in [-0.3, -0.25) is 0 Å². The van der Waals surface area contributed by atoms with E-state index in [1.165, 1.54) is 11.3 Å². The molecule has 3 rings (SSSR count). The lowest BCUT2D eigenvalue weighted by Gasteiger charge is -2.09. The number of carboxylic acid groups (broad SMARTS) is 1. The second-order valence-corrected chi connectivity index (χ2v) is 8.22. The molecule has 1 N–H and O–H groups in total. The monoisotopic (exact) mass is 408 g/mol. The Morgan fingerprint density at radius 3 is 2.69 bits per heavy atom. The molecule has 4 nitrogen and oxygen atoms in total. The van der Waals surface area contributed by atoms with E-state index in [9.17, 15) is 9.90 Å². The maximum absolute atomic E-state index is 12.1. The van der Waals surface area contributed by atoms with Crippen LogP contribution < -0.4 is 0 Å². The largest absolute Gasteiger partial charge is 0.477 e. The van der Waals surface area contributed by atoms with E-state index in [0.717, 1.165) is 17.5 Å². The topological polar surface area (TPSA) is 55.1 Å². The molecule has 0 radical (unpaired) electrons. The maximum Gasteiger partial charge on any atom is 0.353 e. The number of aromatic carboxylic acids is 1. The molecule has 7 heteroatoms. The molecule has 0 saturated heterocycles. The molecular formula is C19H18Cl2N2O2S. The summed E-state index contributed by atoms with van der Waals surface area (Å²) < 4.78 is 1.73. The van der Waals surface area contributed by atoms with Crippen LogP contribution in [0.3, 0.4) is 0 Å². The van der Waals surface area contributed by atoms with Crippen LogP contribution in [0.5, 0.6) is 0 Å². The van der Waals surface area contributed by atoms with E-state index in [0.29, 0.717) is 33.1 Å². The molecular weight excluding hydrogens is 391 g/mol. The van der Waals surface area contributed by atoms with Crippen LogP contribution in [0.4, 0.5) is 0 Å². The molecule has 0 spiro atoms. The van der Waals surface area contributed by atoms with E-state index in [1.54, 1.807) is 29.0 Å². The van der Waals surface area contributed by atoms with Crippen LogP contribution in [0.1, 0.15) is 35.5 Å². The third-order valence-corrected chi connectivity index (χ3v) is 5.38. The Kier molecular flexibility index (Phi) is 5.70. The summed E-state index contributed by atoms with van der Waals surface area (Å²) in [5.41, 5.74) is 2.68. The third kappa shape index (κ3) is 3.95. The number of carbonyl (C=O) groups is 1. The summed E-state index contributed by atoms with van der Waals surface area (Å²) in [4.78, 5) is 16.4. The van der Waals surface area contributed by atoms with Gasteiger partial charge in [0.2, 0.25) is 0 Å². The number of halogens is 2. The lowest BCUT2D eigenvalue weighted by Crippen LogP contribution is -2.10. The average molecular weight is 409 g/mol. The van der Waals surface area contributed by atoms with Crippen molar-refractivity contribution in [1.29, 1.82) is 0 Å². The number of thiazole rings is 1. The SMILES string of the molecule is CC(C)Cc1cn(Cc2cc(Cl)ccc2Cl)c(C(=O)O)c1-c1nccs1. The van der Waals surface area contributed by atoms with E-state index in [2.05, 4.69) is 18.8 Å². The lowest BCUT2D eigenvalue weighted by molar-refractivity contribution is 0.0686. The molecule has 0 aliphatic rings. The lowest BCUT2D eigenvalue weighted by atomic mass is 10.0. The van der Waals surface area contributed by atoms with Gasteiger partial charge >= 0.3 is 5.97 Å². The fraction of sp³-hybridized carbons (Fsp3) is 0.263. The van der Waals surface area contributed by atoms with Gasteiger partial charge < -0.3 is 9.67 Å². The summed E-state index contributed by atoms with van der Waals surface area (Å²) in [7, 11) is 0. The fourth-order valence-electron chi connectivity index (χ4n) is 3.00. The number of nitrogens with zero attached hydrogens (tertiary/aromatic N) is 2. The van der Waals surface area contributed by atoms with Gasteiger partial charge in [-0.1, -0.05) is 37.0 Å². The second kappa shape index (κ2) is 7.82. The fourth-order valence-corrected chi connectivity index (χ4v) is 4.09. The van der Waals surface area contributed by atoms with Crippen LogP contribution in [-0.2, 0) is 13.0 Å². The molecule has 0 unspecified atom stereocenters. The van der Waals surface area contributed by atoms with Crippen molar-refractivity contribution in [3.8, 4) is 10.6 Å². The van der Waals surface area contributed by atoms with Crippen molar-refractivity contribution in [3.63, 3.8) is 0 Å². The standard InChI is InChI=1S/C19H18Cl2N2O2S/c1-11(2)7-13-10-23(9-12-8-14(20)3-4-15(12)21)17(19(24)25)16(13)18-22-5-6-26-18/h3-6,8,10-11H,7,9H2,1-2H3,(H,24,25). The van der Waals surface area contributed by atoms with Crippen LogP contribution in [0.25, 0.3) is 10.6 Å². The zero-order valence-corrected chi connectivity index (χ0v) is 16.7. The summed E-state index contributed by atoms with van der Waals surface area (Å²) in [5.74, 6) is -0.593. The van der Waals surface area contributed by atoms with Crippen LogP contribution in [-0.4, -0.2) is 20.6 Å². The molecule has 26 heavy (non-hydrogen) atoms. The van der Waals surface area contributed by atoms with Gasteiger partial charge in [0.25, 0.3) is 0 Å². The summed E-state index contributed by atoms with van der Waals surface area (Å²) in [5, 5.41) is 13.6. The molecule has 0 atom stereocenters. The van der Waals surface area contributed by atoms with E-state index in [1.807, 2.05) is 11.6 Å². The van der Waals surface area contributed by atoms with Gasteiger partial charge in [0.05, 0.1) is 0 Å². The molecule has 0 bridgehead atoms. The maximum atomic E-state index is 12.1. The van der Waals surface area contributed by atoms with Crippen LogP contribution in [0.2, 0.25) is 10.0 Å².